The van der Waals surface area contributed by atoms with Gasteiger partial charge in [-0.05, 0) is 63.0 Å². The topological polar surface area (TPSA) is 23.6 Å². The van der Waals surface area contributed by atoms with Crippen molar-refractivity contribution >= 4 is 35.2 Å². The summed E-state index contributed by atoms with van der Waals surface area (Å²) in [5.41, 5.74) is 1.86. The first-order valence-electron chi connectivity index (χ1n) is 9.47. The Morgan fingerprint density at radius 1 is 1.00 bits per heavy atom. The van der Waals surface area contributed by atoms with Gasteiger partial charge in [0.1, 0.15) is 0 Å². The van der Waals surface area contributed by atoms with E-state index in [1.54, 1.807) is 6.07 Å². The van der Waals surface area contributed by atoms with Crippen LogP contribution in [0.25, 0.3) is 6.08 Å². The quantitative estimate of drug-likeness (QED) is 0.632. The molecule has 1 aromatic carbocycles. The molecule has 0 radical (unpaired) electrons. The highest BCUT2D eigenvalue weighted by Gasteiger charge is 2.24. The average Bonchev–Trinajstić information content (AvgIpc) is 2.99. The van der Waals surface area contributed by atoms with Gasteiger partial charge in [0.05, 0.1) is 10.0 Å². The van der Waals surface area contributed by atoms with Gasteiger partial charge in [-0.2, -0.15) is 0 Å². The van der Waals surface area contributed by atoms with E-state index in [2.05, 4.69) is 4.90 Å². The lowest BCUT2D eigenvalue weighted by molar-refractivity contribution is -0.124. The maximum Gasteiger partial charge on any atom is 0.249 e. The van der Waals surface area contributed by atoms with Crippen molar-refractivity contribution in [3.63, 3.8) is 0 Å². The number of carbonyl (C=O) groups is 1. The van der Waals surface area contributed by atoms with Gasteiger partial charge in [-0.15, -0.1) is 0 Å². The maximum atomic E-state index is 12.5. The summed E-state index contributed by atoms with van der Waals surface area (Å²) in [6.45, 7) is 5.26. The van der Waals surface area contributed by atoms with E-state index >= 15 is 0 Å². The van der Waals surface area contributed by atoms with Crippen LogP contribution in [-0.2, 0) is 4.79 Å². The van der Waals surface area contributed by atoms with Crippen LogP contribution in [0.4, 0.5) is 0 Å². The Hall–Kier alpha value is -1.29. The summed E-state index contributed by atoms with van der Waals surface area (Å²) in [5.74, 6) is 0.183. The molecule has 0 aromatic heterocycles. The van der Waals surface area contributed by atoms with Gasteiger partial charge >= 0.3 is 0 Å². The molecule has 2 aliphatic heterocycles. The molecule has 0 atom stereocenters. The van der Waals surface area contributed by atoms with Crippen molar-refractivity contribution < 1.29 is 4.79 Å². The van der Waals surface area contributed by atoms with E-state index in [0.717, 1.165) is 43.6 Å². The molecule has 0 unspecified atom stereocenters. The van der Waals surface area contributed by atoms with E-state index in [0.29, 0.717) is 10.0 Å². The van der Waals surface area contributed by atoms with Crippen LogP contribution >= 0.6 is 23.2 Å². The predicted molar refractivity (Wildman–Crippen MR) is 110 cm³/mol. The highest BCUT2D eigenvalue weighted by atomic mass is 35.5. The largest absolute Gasteiger partial charge is 0.339 e. The van der Waals surface area contributed by atoms with Crippen molar-refractivity contribution in [2.24, 2.45) is 0 Å². The first-order valence-corrected chi connectivity index (χ1v) is 10.2. The van der Waals surface area contributed by atoms with Crippen molar-refractivity contribution in [3.05, 3.63) is 51.5 Å². The van der Waals surface area contributed by atoms with Crippen LogP contribution in [0.1, 0.15) is 37.7 Å². The molecule has 26 heavy (non-hydrogen) atoms. The van der Waals surface area contributed by atoms with Gasteiger partial charge in [0.2, 0.25) is 5.91 Å². The van der Waals surface area contributed by atoms with Crippen molar-refractivity contribution in [2.75, 3.05) is 32.7 Å². The average molecular weight is 393 g/mol. The number of rotatable bonds is 6. The van der Waals surface area contributed by atoms with Crippen LogP contribution in [0.2, 0.25) is 10.0 Å². The van der Waals surface area contributed by atoms with Crippen molar-refractivity contribution in [2.45, 2.75) is 32.1 Å². The zero-order chi connectivity index (χ0) is 18.4. The Bertz CT molecular complexity index is 693. The molecule has 0 saturated carbocycles. The molecular weight excluding hydrogens is 367 g/mol. The van der Waals surface area contributed by atoms with Gasteiger partial charge in [0.15, 0.2) is 0 Å². The summed E-state index contributed by atoms with van der Waals surface area (Å²) in [5, 5.41) is 1.09. The van der Waals surface area contributed by atoms with E-state index in [4.69, 9.17) is 23.2 Å². The van der Waals surface area contributed by atoms with Gasteiger partial charge in [-0.25, -0.2) is 0 Å². The molecule has 140 valence electrons. The highest BCUT2D eigenvalue weighted by molar-refractivity contribution is 6.42. The fourth-order valence-corrected chi connectivity index (χ4v) is 3.90. The number of hydrogen-bond donors (Lipinski definition) is 0. The summed E-state index contributed by atoms with van der Waals surface area (Å²) < 4.78 is 0. The minimum Gasteiger partial charge on any atom is -0.339 e. The minimum atomic E-state index is 0.183. The smallest absolute Gasteiger partial charge is 0.249 e. The Morgan fingerprint density at radius 2 is 1.81 bits per heavy atom. The summed E-state index contributed by atoms with van der Waals surface area (Å²) >= 11 is 11.9. The van der Waals surface area contributed by atoms with Gasteiger partial charge in [-0.1, -0.05) is 53.9 Å². The Morgan fingerprint density at radius 3 is 2.58 bits per heavy atom. The Balaban J connectivity index is 1.47. The second-order valence-electron chi connectivity index (χ2n) is 7.02. The van der Waals surface area contributed by atoms with Gasteiger partial charge < -0.3 is 9.80 Å². The second kappa shape index (κ2) is 9.59. The fraction of sp³-hybridized carbons (Fsp3) is 0.476. The Kier molecular flexibility index (Phi) is 7.18. The third-order valence-corrected chi connectivity index (χ3v) is 5.83. The number of hydrogen-bond acceptors (Lipinski definition) is 2. The van der Waals surface area contributed by atoms with E-state index in [1.165, 1.54) is 32.4 Å². The highest BCUT2D eigenvalue weighted by Crippen LogP contribution is 2.23. The molecule has 1 amide bonds. The summed E-state index contributed by atoms with van der Waals surface area (Å²) in [7, 11) is 0. The third-order valence-electron chi connectivity index (χ3n) is 5.09. The lowest BCUT2D eigenvalue weighted by Gasteiger charge is -2.27. The van der Waals surface area contributed by atoms with Crippen LogP contribution < -0.4 is 0 Å². The second-order valence-corrected chi connectivity index (χ2v) is 7.84. The van der Waals surface area contributed by atoms with Crippen LogP contribution in [0.3, 0.4) is 0 Å². The van der Waals surface area contributed by atoms with E-state index < -0.39 is 0 Å². The number of nitrogens with zero attached hydrogens (tertiary/aromatic N) is 2. The van der Waals surface area contributed by atoms with Crippen molar-refractivity contribution in [1.82, 2.24) is 9.80 Å². The number of allylic oxidation sites excluding steroid dienone is 2. The van der Waals surface area contributed by atoms with Gasteiger partial charge in [0, 0.05) is 18.7 Å². The number of amides is 1. The van der Waals surface area contributed by atoms with Crippen LogP contribution in [-0.4, -0.2) is 48.4 Å². The molecule has 2 aliphatic rings. The van der Waals surface area contributed by atoms with E-state index in [-0.39, 0.29) is 5.91 Å². The van der Waals surface area contributed by atoms with Crippen LogP contribution in [0, 0.1) is 0 Å². The fourth-order valence-electron chi connectivity index (χ4n) is 3.59. The summed E-state index contributed by atoms with van der Waals surface area (Å²) in [6, 6.07) is 5.51. The first-order chi connectivity index (χ1) is 12.6. The number of piperidine rings is 1. The monoisotopic (exact) mass is 392 g/mol. The van der Waals surface area contributed by atoms with Crippen molar-refractivity contribution in [1.29, 1.82) is 0 Å². The molecule has 2 fully saturated rings. The number of carbonyl (C=O) groups excluding carboxylic acids is 1. The molecule has 2 heterocycles. The molecule has 0 aliphatic carbocycles. The Labute approximate surface area is 166 Å². The number of halogens is 2. The molecule has 0 spiro atoms. The van der Waals surface area contributed by atoms with E-state index in [9.17, 15) is 4.79 Å². The first kappa shape index (κ1) is 19.5. The van der Waals surface area contributed by atoms with Crippen LogP contribution in [0.5, 0.6) is 0 Å². The third kappa shape index (κ3) is 5.35. The SMILES string of the molecule is O=C1C(=CC=Cc2ccc(Cl)c(Cl)c2)CCN1CCCN1CCCCC1. The maximum absolute atomic E-state index is 12.5. The number of likely N-dealkylation sites (tertiary alicyclic amines) is 2. The summed E-state index contributed by atoms with van der Waals surface area (Å²) in [6.07, 6.45) is 11.7. The molecule has 3 nitrogen and oxygen atoms in total. The summed E-state index contributed by atoms with van der Waals surface area (Å²) in [4.78, 5) is 17.0. The lowest BCUT2D eigenvalue weighted by atomic mass is 10.1. The molecule has 1 aromatic rings. The number of benzene rings is 1. The van der Waals surface area contributed by atoms with Crippen molar-refractivity contribution in [3.8, 4) is 0 Å². The zero-order valence-corrected chi connectivity index (χ0v) is 16.6. The molecule has 2 saturated heterocycles. The molecule has 0 bridgehead atoms. The van der Waals surface area contributed by atoms with Gasteiger partial charge in [-0.3, -0.25) is 4.79 Å². The molecule has 5 heteroatoms. The molecule has 3 rings (SSSR count). The van der Waals surface area contributed by atoms with Gasteiger partial charge in [0.25, 0.3) is 0 Å². The molecular formula is C21H26Cl2N2O. The minimum absolute atomic E-state index is 0.183. The zero-order valence-electron chi connectivity index (χ0n) is 15.1. The predicted octanol–water partition coefficient (Wildman–Crippen LogP) is 5.04. The normalized spacial score (nSPS) is 20.6. The van der Waals surface area contributed by atoms with Crippen LogP contribution in [0.15, 0.2) is 35.9 Å². The standard InChI is InChI=1S/C21H26Cl2N2O/c22-19-9-8-17(16-20(19)23)6-4-7-18-10-15-25(21(18)26)14-5-13-24-11-2-1-3-12-24/h4,6-9,16H,1-3,5,10-15H2. The lowest BCUT2D eigenvalue weighted by Crippen LogP contribution is -2.33. The molecule has 0 N–H and O–H groups in total. The van der Waals surface area contributed by atoms with E-state index in [1.807, 2.05) is 35.3 Å².